The highest BCUT2D eigenvalue weighted by molar-refractivity contribution is 6.30. The maximum Gasteiger partial charge on any atom is 0.316 e. The lowest BCUT2D eigenvalue weighted by Crippen LogP contribution is -2.40. The number of nitrogens with zero attached hydrogens (tertiary/aromatic N) is 2. The van der Waals surface area contributed by atoms with E-state index < -0.39 is 23.4 Å². The van der Waals surface area contributed by atoms with E-state index in [4.69, 9.17) is 16.3 Å². The minimum atomic E-state index is -0.767. The molecule has 7 nitrogen and oxygen atoms in total. The molecule has 3 rings (SSSR count). The van der Waals surface area contributed by atoms with Crippen LogP contribution >= 0.6 is 11.6 Å². The van der Waals surface area contributed by atoms with Gasteiger partial charge in [-0.05, 0) is 70.3 Å². The van der Waals surface area contributed by atoms with Gasteiger partial charge in [0.15, 0.2) is 11.4 Å². The number of nitrogens with one attached hydrogen (secondary N) is 1. The molecule has 0 saturated heterocycles. The molecule has 1 amide bonds. The van der Waals surface area contributed by atoms with Crippen molar-refractivity contribution in [3.05, 3.63) is 59.2 Å². The molecule has 1 aromatic heterocycles. The van der Waals surface area contributed by atoms with Crippen LogP contribution < -0.4 is 10.1 Å². The molecule has 0 spiro atoms. The quantitative estimate of drug-likeness (QED) is 0.418. The van der Waals surface area contributed by atoms with Crippen LogP contribution in [0.3, 0.4) is 0 Å². The van der Waals surface area contributed by atoms with Crippen molar-refractivity contribution < 1.29 is 19.4 Å². The van der Waals surface area contributed by atoms with Crippen LogP contribution in [0.1, 0.15) is 45.1 Å². The Hall–Kier alpha value is -2.87. The summed E-state index contributed by atoms with van der Waals surface area (Å²) < 4.78 is 7.61. The summed E-state index contributed by atoms with van der Waals surface area (Å²) in [6.45, 7) is 11.4. The second kappa shape index (κ2) is 11.2. The van der Waals surface area contributed by atoms with E-state index in [0.717, 1.165) is 13.1 Å². The lowest BCUT2D eigenvalue weighted by Gasteiger charge is -2.22. The summed E-state index contributed by atoms with van der Waals surface area (Å²) in [4.78, 5) is 28.5. The highest BCUT2D eigenvalue weighted by atomic mass is 35.5. The number of ether oxygens (including phenoxy) is 1. The largest absolute Gasteiger partial charge is 0.423 e. The van der Waals surface area contributed by atoms with Crippen LogP contribution in [0, 0.1) is 5.41 Å². The fraction of sp³-hybridized carbons (Fsp3) is 0.407. The minimum absolute atomic E-state index is 0.0597. The number of amides is 1. The van der Waals surface area contributed by atoms with E-state index in [0.29, 0.717) is 28.2 Å². The standard InChI is InChI=1S/C27H34ClN3O4/c1-6-30(7-2)17-20(32)16-29-25(33)23-24(35-26(34)27(3,4)5)21-10-8-9-11-22(21)31(23)19-14-12-18(28)13-15-19/h8-15,20,32H,6-7,16-17H2,1-5H3,(H,29,33). The highest BCUT2D eigenvalue weighted by Gasteiger charge is 2.31. The molecule has 3 aromatic rings. The molecular formula is C27H34ClN3O4. The molecular weight excluding hydrogens is 466 g/mol. The van der Waals surface area contributed by atoms with E-state index in [1.807, 2.05) is 38.1 Å². The molecule has 0 aliphatic carbocycles. The number of hydrogen-bond acceptors (Lipinski definition) is 5. The number of carbonyl (C=O) groups excluding carboxylic acids is 2. The van der Waals surface area contributed by atoms with Crippen molar-refractivity contribution in [1.82, 2.24) is 14.8 Å². The van der Waals surface area contributed by atoms with Gasteiger partial charge in [-0.3, -0.25) is 9.59 Å². The zero-order valence-electron chi connectivity index (χ0n) is 21.0. The SMILES string of the molecule is CCN(CC)CC(O)CNC(=O)c1c(OC(=O)C(C)(C)C)c2ccccc2n1-c1ccc(Cl)cc1. The van der Waals surface area contributed by atoms with Gasteiger partial charge < -0.3 is 24.6 Å². The summed E-state index contributed by atoms with van der Waals surface area (Å²) in [5.74, 6) is -0.718. The van der Waals surface area contributed by atoms with Crippen molar-refractivity contribution in [3.63, 3.8) is 0 Å². The Balaban J connectivity index is 2.08. The van der Waals surface area contributed by atoms with Gasteiger partial charge >= 0.3 is 5.97 Å². The predicted octanol–water partition coefficient (Wildman–Crippen LogP) is 4.67. The molecule has 2 N–H and O–H groups in total. The first-order valence-electron chi connectivity index (χ1n) is 11.9. The van der Waals surface area contributed by atoms with E-state index >= 15 is 0 Å². The van der Waals surface area contributed by atoms with Gasteiger partial charge in [0.2, 0.25) is 0 Å². The molecule has 188 valence electrons. The number of benzene rings is 2. The maximum absolute atomic E-state index is 13.6. The number of aliphatic hydroxyl groups excluding tert-OH is 1. The molecule has 0 fully saturated rings. The number of hydrogen-bond donors (Lipinski definition) is 2. The smallest absolute Gasteiger partial charge is 0.316 e. The molecule has 0 saturated carbocycles. The van der Waals surface area contributed by atoms with Gasteiger partial charge in [-0.2, -0.15) is 0 Å². The van der Waals surface area contributed by atoms with Crippen LogP contribution in [0.4, 0.5) is 0 Å². The zero-order chi connectivity index (χ0) is 25.8. The van der Waals surface area contributed by atoms with Crippen LogP contribution in [-0.2, 0) is 4.79 Å². The van der Waals surface area contributed by atoms with Crippen molar-refractivity contribution in [2.24, 2.45) is 5.41 Å². The minimum Gasteiger partial charge on any atom is -0.423 e. The molecule has 8 heteroatoms. The Morgan fingerprint density at radius 3 is 2.31 bits per heavy atom. The van der Waals surface area contributed by atoms with Crippen LogP contribution in [-0.4, -0.2) is 58.7 Å². The number of likely N-dealkylation sites (N-methyl/N-ethyl adjacent to an activating group) is 1. The van der Waals surface area contributed by atoms with E-state index in [9.17, 15) is 14.7 Å². The van der Waals surface area contributed by atoms with Crippen molar-refractivity contribution >= 4 is 34.4 Å². The predicted molar refractivity (Wildman–Crippen MR) is 140 cm³/mol. The van der Waals surface area contributed by atoms with Crippen LogP contribution in [0.25, 0.3) is 16.6 Å². The Bertz CT molecular complexity index is 1180. The van der Waals surface area contributed by atoms with Gasteiger partial charge in [0.05, 0.1) is 17.0 Å². The topological polar surface area (TPSA) is 83.8 Å². The first-order valence-corrected chi connectivity index (χ1v) is 12.2. The van der Waals surface area contributed by atoms with Gasteiger partial charge in [0.1, 0.15) is 0 Å². The van der Waals surface area contributed by atoms with Crippen molar-refractivity contribution in [2.45, 2.75) is 40.7 Å². The van der Waals surface area contributed by atoms with Crippen LogP contribution in [0.15, 0.2) is 48.5 Å². The number of rotatable bonds is 9. The summed E-state index contributed by atoms with van der Waals surface area (Å²) in [5, 5.41) is 14.5. The fourth-order valence-electron chi connectivity index (χ4n) is 3.76. The summed E-state index contributed by atoms with van der Waals surface area (Å²) >= 11 is 6.10. The second-order valence-corrected chi connectivity index (χ2v) is 9.93. The van der Waals surface area contributed by atoms with Gasteiger partial charge in [0, 0.05) is 29.2 Å². The first-order chi connectivity index (χ1) is 16.6. The van der Waals surface area contributed by atoms with Gasteiger partial charge in [-0.15, -0.1) is 0 Å². The van der Waals surface area contributed by atoms with Gasteiger partial charge in [0.25, 0.3) is 5.91 Å². The molecule has 0 bridgehead atoms. The number of aliphatic hydroxyl groups is 1. The van der Waals surface area contributed by atoms with Crippen molar-refractivity contribution in [1.29, 1.82) is 0 Å². The third kappa shape index (κ3) is 6.23. The van der Waals surface area contributed by atoms with E-state index in [-0.39, 0.29) is 18.0 Å². The summed E-state index contributed by atoms with van der Waals surface area (Å²) in [6, 6.07) is 14.5. The number of fused-ring (bicyclic) bond motifs is 1. The molecule has 2 aromatic carbocycles. The lowest BCUT2D eigenvalue weighted by atomic mass is 9.97. The molecule has 35 heavy (non-hydrogen) atoms. The van der Waals surface area contributed by atoms with Gasteiger partial charge in [-0.25, -0.2) is 0 Å². The summed E-state index contributed by atoms with van der Waals surface area (Å²) in [7, 11) is 0. The van der Waals surface area contributed by atoms with E-state index in [1.165, 1.54) is 0 Å². The number of aromatic nitrogens is 1. The second-order valence-electron chi connectivity index (χ2n) is 9.50. The molecule has 1 unspecified atom stereocenters. The molecule has 0 aliphatic rings. The molecule has 0 aliphatic heterocycles. The monoisotopic (exact) mass is 499 g/mol. The Labute approximate surface area is 211 Å². The number of halogens is 1. The Kier molecular flexibility index (Phi) is 8.59. The first kappa shape index (κ1) is 26.7. The Morgan fingerprint density at radius 1 is 1.09 bits per heavy atom. The number of carbonyl (C=O) groups is 2. The summed E-state index contributed by atoms with van der Waals surface area (Å²) in [5.41, 5.74) is 0.816. The third-order valence-electron chi connectivity index (χ3n) is 5.80. The normalized spacial score (nSPS) is 12.7. The average molecular weight is 500 g/mol. The highest BCUT2D eigenvalue weighted by Crippen LogP contribution is 2.37. The Morgan fingerprint density at radius 2 is 1.71 bits per heavy atom. The number of esters is 1. The maximum atomic E-state index is 13.6. The summed E-state index contributed by atoms with van der Waals surface area (Å²) in [6.07, 6.45) is -0.743. The lowest BCUT2D eigenvalue weighted by molar-refractivity contribution is -0.142. The van der Waals surface area contributed by atoms with Crippen LogP contribution in [0.5, 0.6) is 5.75 Å². The van der Waals surface area contributed by atoms with Crippen molar-refractivity contribution in [3.8, 4) is 11.4 Å². The molecule has 0 radical (unpaired) electrons. The fourth-order valence-corrected chi connectivity index (χ4v) is 3.89. The van der Waals surface area contributed by atoms with Crippen molar-refractivity contribution in [2.75, 3.05) is 26.2 Å². The van der Waals surface area contributed by atoms with E-state index in [1.54, 1.807) is 49.6 Å². The van der Waals surface area contributed by atoms with Gasteiger partial charge in [-0.1, -0.05) is 37.6 Å². The zero-order valence-corrected chi connectivity index (χ0v) is 21.7. The number of para-hydroxylation sites is 1. The molecule has 1 heterocycles. The van der Waals surface area contributed by atoms with E-state index in [2.05, 4.69) is 10.2 Å². The third-order valence-corrected chi connectivity index (χ3v) is 6.05. The molecule has 1 atom stereocenters. The van der Waals surface area contributed by atoms with Crippen LogP contribution in [0.2, 0.25) is 5.02 Å². The average Bonchev–Trinajstić information content (AvgIpc) is 3.15.